The molecule has 2 aromatic carbocycles. The maximum Gasteiger partial charge on any atom is 0.256 e. The summed E-state index contributed by atoms with van der Waals surface area (Å²) in [7, 11) is 1.67. The van der Waals surface area contributed by atoms with Crippen LogP contribution in [0.1, 0.15) is 77.3 Å². The van der Waals surface area contributed by atoms with Crippen LogP contribution in [0, 0.1) is 12.7 Å². The Hall–Kier alpha value is -4.21. The zero-order chi connectivity index (χ0) is 30.4. The summed E-state index contributed by atoms with van der Waals surface area (Å²) in [5.41, 5.74) is 3.46. The summed E-state index contributed by atoms with van der Waals surface area (Å²) in [5.74, 6) is -1.16. The minimum Gasteiger partial charge on any atom is -0.378 e. The van der Waals surface area contributed by atoms with E-state index in [1.165, 1.54) is 6.07 Å². The number of aliphatic hydroxyl groups excluding tert-OH is 1. The van der Waals surface area contributed by atoms with Crippen molar-refractivity contribution in [2.24, 2.45) is 0 Å². The molecule has 0 unspecified atom stereocenters. The Bertz CT molecular complexity index is 1940. The molecule has 3 atom stereocenters. The summed E-state index contributed by atoms with van der Waals surface area (Å²) >= 11 is 0. The van der Waals surface area contributed by atoms with E-state index in [0.29, 0.717) is 52.0 Å². The van der Waals surface area contributed by atoms with Crippen LogP contribution in [0.2, 0.25) is 0 Å². The Labute approximate surface area is 247 Å². The first kappa shape index (κ1) is 27.6. The lowest BCUT2D eigenvalue weighted by Crippen LogP contribution is -2.43. The van der Waals surface area contributed by atoms with Crippen molar-refractivity contribution in [1.82, 2.24) is 14.5 Å². The van der Waals surface area contributed by atoms with E-state index in [1.54, 1.807) is 60.7 Å². The summed E-state index contributed by atoms with van der Waals surface area (Å²) in [6, 6.07) is 11.4. The third kappa shape index (κ3) is 3.81. The second-order valence-electron chi connectivity index (χ2n) is 12.0. The van der Waals surface area contributed by atoms with E-state index in [4.69, 9.17) is 4.98 Å². The summed E-state index contributed by atoms with van der Waals surface area (Å²) in [6.07, 6.45) is 0.135. The fourth-order valence-electron chi connectivity index (χ4n) is 7.43. The molecule has 2 aromatic heterocycles. The molecule has 0 spiro atoms. The molecule has 220 valence electrons. The number of likely N-dealkylation sites (N-methyl/N-ethyl adjacent to an activating group) is 1. The van der Waals surface area contributed by atoms with Gasteiger partial charge in [0.25, 0.3) is 11.5 Å². The monoisotopic (exact) mass is 581 g/mol. The van der Waals surface area contributed by atoms with Crippen molar-refractivity contribution in [3.05, 3.63) is 97.6 Å². The summed E-state index contributed by atoms with van der Waals surface area (Å²) in [5, 5.41) is 23.1. The summed E-state index contributed by atoms with van der Waals surface area (Å²) in [6.45, 7) is 3.66. The molecule has 2 aliphatic carbocycles. The fraction of sp³-hybridized carbons (Fsp3) is 0.353. The van der Waals surface area contributed by atoms with Gasteiger partial charge in [-0.2, -0.15) is 0 Å². The average molecular weight is 582 g/mol. The summed E-state index contributed by atoms with van der Waals surface area (Å²) < 4.78 is 16.8. The maximum absolute atomic E-state index is 15.2. The van der Waals surface area contributed by atoms with E-state index in [9.17, 15) is 24.6 Å². The van der Waals surface area contributed by atoms with Gasteiger partial charge in [0, 0.05) is 41.6 Å². The number of carbonyl (C=O) groups excluding carboxylic acids is 2. The van der Waals surface area contributed by atoms with Crippen LogP contribution in [0.15, 0.2) is 47.3 Å². The maximum atomic E-state index is 15.2. The third-order valence-electron chi connectivity index (χ3n) is 9.89. The van der Waals surface area contributed by atoms with Crippen molar-refractivity contribution in [2.75, 3.05) is 7.05 Å². The lowest BCUT2D eigenvalue weighted by Gasteiger charge is -2.36. The zero-order valence-corrected chi connectivity index (χ0v) is 24.3. The highest BCUT2D eigenvalue weighted by Crippen LogP contribution is 2.47. The number of fused-ring (bicyclic) bond motifs is 5. The number of Topliss-reactive ketones (excluding diaryl/α,β-unsaturated/α-hetero) is 1. The van der Waals surface area contributed by atoms with Crippen LogP contribution in [0.4, 0.5) is 4.39 Å². The Morgan fingerprint density at radius 3 is 2.60 bits per heavy atom. The highest BCUT2D eigenvalue weighted by atomic mass is 19.1. The topological polar surface area (TPSA) is 113 Å². The third-order valence-corrected chi connectivity index (χ3v) is 9.89. The molecule has 0 saturated heterocycles. The van der Waals surface area contributed by atoms with Crippen molar-refractivity contribution < 1.29 is 24.2 Å². The number of hydrogen-bond donors (Lipinski definition) is 2. The Morgan fingerprint density at radius 2 is 1.88 bits per heavy atom. The van der Waals surface area contributed by atoms with Gasteiger partial charge in [0.2, 0.25) is 0 Å². The quantitative estimate of drug-likeness (QED) is 0.330. The van der Waals surface area contributed by atoms with Crippen LogP contribution >= 0.6 is 0 Å². The van der Waals surface area contributed by atoms with Gasteiger partial charge in [-0.25, -0.2) is 9.37 Å². The van der Waals surface area contributed by atoms with Crippen molar-refractivity contribution in [3.8, 4) is 11.4 Å². The Kier molecular flexibility index (Phi) is 6.20. The van der Waals surface area contributed by atoms with Gasteiger partial charge in [0.15, 0.2) is 11.9 Å². The molecule has 4 aromatic rings. The number of aryl methyl sites for hydroxylation is 1. The van der Waals surface area contributed by atoms with Crippen molar-refractivity contribution in [3.63, 3.8) is 0 Å². The smallest absolute Gasteiger partial charge is 0.256 e. The number of aromatic nitrogens is 2. The first-order valence-electron chi connectivity index (χ1n) is 14.7. The number of nitrogens with zero attached hydrogens (tertiary/aromatic N) is 3. The molecule has 0 fully saturated rings. The molecular weight excluding hydrogens is 549 g/mol. The molecule has 9 heteroatoms. The SMILES string of the molecule is CC[C@@]1(O)C(=O)CCc2c1cc1n(c2=O)Cc2c-1nc1cc(F)c(C)c3c1c2[C@@H](N(C)C(=O)[C@@H](O)c1ccccc1)CC3. The van der Waals surface area contributed by atoms with Gasteiger partial charge in [0.05, 0.1) is 29.5 Å². The fourth-order valence-corrected chi connectivity index (χ4v) is 7.43. The van der Waals surface area contributed by atoms with E-state index in [-0.39, 0.29) is 43.0 Å². The molecule has 43 heavy (non-hydrogen) atoms. The number of rotatable bonds is 4. The van der Waals surface area contributed by atoms with Gasteiger partial charge in [-0.05, 0) is 60.9 Å². The molecule has 0 bridgehead atoms. The number of benzene rings is 2. The van der Waals surface area contributed by atoms with Gasteiger partial charge >= 0.3 is 0 Å². The molecule has 3 heterocycles. The van der Waals surface area contributed by atoms with Gasteiger partial charge in [-0.15, -0.1) is 0 Å². The minimum atomic E-state index is -1.75. The zero-order valence-electron chi connectivity index (χ0n) is 24.3. The Balaban J connectivity index is 1.45. The standard InChI is InChI=1S/C34H32FN3O5/c1-4-34(43)22-14-26-30-21(16-38(26)32(41)20(22)11-13-27(34)39)29-25(37(3)33(42)31(40)18-8-6-5-7-9-18)12-10-19-17(2)23(35)15-24(36-30)28(19)29/h5-9,14-15,25,31,40,43H,4,10-13,16H2,1-3H3/t25-,31-,34-/m0/s1. The van der Waals surface area contributed by atoms with Crippen LogP contribution in [-0.2, 0) is 34.6 Å². The molecule has 8 nitrogen and oxygen atoms in total. The number of hydrogen-bond acceptors (Lipinski definition) is 6. The van der Waals surface area contributed by atoms with Crippen LogP contribution in [0.25, 0.3) is 22.3 Å². The Morgan fingerprint density at radius 1 is 1.14 bits per heavy atom. The lowest BCUT2D eigenvalue weighted by atomic mass is 9.77. The average Bonchev–Trinajstić information content (AvgIpc) is 3.39. The van der Waals surface area contributed by atoms with Gasteiger partial charge in [-0.3, -0.25) is 14.4 Å². The predicted molar refractivity (Wildman–Crippen MR) is 158 cm³/mol. The van der Waals surface area contributed by atoms with E-state index in [2.05, 4.69) is 0 Å². The predicted octanol–water partition coefficient (Wildman–Crippen LogP) is 4.16. The highest BCUT2D eigenvalue weighted by Gasteiger charge is 2.44. The van der Waals surface area contributed by atoms with Gasteiger partial charge in [0.1, 0.15) is 11.4 Å². The first-order chi connectivity index (χ1) is 20.6. The van der Waals surface area contributed by atoms with Gasteiger partial charge in [-0.1, -0.05) is 37.3 Å². The number of ketones is 1. The van der Waals surface area contributed by atoms with Crippen LogP contribution < -0.4 is 5.56 Å². The second kappa shape index (κ2) is 9.65. The summed E-state index contributed by atoms with van der Waals surface area (Å²) in [4.78, 5) is 46.8. The van der Waals surface area contributed by atoms with E-state index < -0.39 is 23.7 Å². The first-order valence-corrected chi connectivity index (χ1v) is 14.7. The normalized spacial score (nSPS) is 20.9. The largest absolute Gasteiger partial charge is 0.378 e. The van der Waals surface area contributed by atoms with Crippen LogP contribution in [0.5, 0.6) is 0 Å². The van der Waals surface area contributed by atoms with Crippen molar-refractivity contribution in [1.29, 1.82) is 0 Å². The molecular formula is C34H32FN3O5. The van der Waals surface area contributed by atoms with Crippen LogP contribution in [-0.4, -0.2) is 43.4 Å². The molecule has 2 N–H and O–H groups in total. The molecule has 0 radical (unpaired) electrons. The molecule has 1 amide bonds. The molecule has 0 saturated carbocycles. The lowest BCUT2D eigenvalue weighted by molar-refractivity contribution is -0.141. The number of pyridine rings is 2. The minimum absolute atomic E-state index is 0.0902. The van der Waals surface area contributed by atoms with Crippen molar-refractivity contribution >= 4 is 22.6 Å². The van der Waals surface area contributed by atoms with E-state index in [1.807, 2.05) is 6.07 Å². The van der Waals surface area contributed by atoms with Crippen molar-refractivity contribution in [2.45, 2.75) is 70.2 Å². The van der Waals surface area contributed by atoms with Crippen LogP contribution in [0.3, 0.4) is 0 Å². The number of amides is 1. The molecule has 3 aliphatic rings. The number of aliphatic hydroxyl groups is 2. The highest BCUT2D eigenvalue weighted by molar-refractivity contribution is 5.95. The van der Waals surface area contributed by atoms with Gasteiger partial charge < -0.3 is 19.7 Å². The number of carbonyl (C=O) groups is 2. The molecule has 7 rings (SSSR count). The van der Waals surface area contributed by atoms with E-state index in [0.717, 1.165) is 22.1 Å². The van der Waals surface area contributed by atoms with E-state index >= 15 is 4.39 Å². The second-order valence-corrected chi connectivity index (χ2v) is 12.0. The molecule has 1 aliphatic heterocycles. The number of halogens is 1.